The molecule has 6 nitrogen and oxygen atoms in total. The van der Waals surface area contributed by atoms with Crippen LogP contribution >= 0.6 is 24.2 Å². The van der Waals surface area contributed by atoms with Crippen molar-refractivity contribution >= 4 is 39.9 Å². The van der Waals surface area contributed by atoms with E-state index in [0.717, 1.165) is 4.90 Å². The summed E-state index contributed by atoms with van der Waals surface area (Å²) in [5, 5.41) is 9.81. The summed E-state index contributed by atoms with van der Waals surface area (Å²) in [5.74, 6) is 1.66. The average molecular weight is 459 g/mol. The molecule has 0 bridgehead atoms. The van der Waals surface area contributed by atoms with Crippen LogP contribution in [0, 0.1) is 12.3 Å². The number of halogens is 1. The molecule has 0 spiro atoms. The molecule has 0 radical (unpaired) electrons. The van der Waals surface area contributed by atoms with Gasteiger partial charge in [-0.15, -0.1) is 30.6 Å². The zero-order chi connectivity index (χ0) is 20.2. The average Bonchev–Trinajstić information content (AvgIpc) is 3.21. The van der Waals surface area contributed by atoms with E-state index in [4.69, 9.17) is 6.42 Å². The number of rotatable bonds is 6. The lowest BCUT2D eigenvalue weighted by Gasteiger charge is -2.38. The van der Waals surface area contributed by atoms with Crippen molar-refractivity contribution in [2.24, 2.45) is 0 Å². The molecule has 1 aliphatic heterocycles. The van der Waals surface area contributed by atoms with Gasteiger partial charge in [0.15, 0.2) is 14.6 Å². The van der Waals surface area contributed by atoms with Gasteiger partial charge in [0.1, 0.15) is 0 Å². The molecule has 1 amide bonds. The lowest BCUT2D eigenvalue weighted by Crippen LogP contribution is -2.57. The largest absolute Gasteiger partial charge is 0.292 e. The predicted molar refractivity (Wildman–Crippen MR) is 116 cm³/mol. The standard InChI is InChI=1S/C20H26N2O4S2.ClH/c1-2-13-22-14-11-20(12-15-22,19(23)21-24)28(25,26)18-9-7-17(8-10-18)27-16-5-3-4-6-16;/h1,7-10,16,24H,3-6,11-15H2,(H,21,23);1H. The molecule has 1 saturated heterocycles. The van der Waals surface area contributed by atoms with Gasteiger partial charge >= 0.3 is 0 Å². The highest BCUT2D eigenvalue weighted by Crippen LogP contribution is 2.38. The van der Waals surface area contributed by atoms with Crippen molar-refractivity contribution in [3.8, 4) is 12.3 Å². The van der Waals surface area contributed by atoms with Crippen LogP contribution < -0.4 is 5.48 Å². The number of likely N-dealkylation sites (tertiary alicyclic amines) is 1. The van der Waals surface area contributed by atoms with Gasteiger partial charge in [0.05, 0.1) is 11.4 Å². The van der Waals surface area contributed by atoms with E-state index >= 15 is 0 Å². The summed E-state index contributed by atoms with van der Waals surface area (Å²) in [5.41, 5.74) is 1.58. The molecule has 1 aromatic rings. The van der Waals surface area contributed by atoms with Crippen LogP contribution in [0.4, 0.5) is 0 Å². The van der Waals surface area contributed by atoms with Gasteiger partial charge in [0, 0.05) is 23.2 Å². The van der Waals surface area contributed by atoms with Gasteiger partial charge in [0.25, 0.3) is 5.91 Å². The molecule has 1 aromatic carbocycles. The molecule has 0 atom stereocenters. The molecule has 1 saturated carbocycles. The molecule has 2 N–H and O–H groups in total. The number of amides is 1. The van der Waals surface area contributed by atoms with E-state index in [9.17, 15) is 18.4 Å². The van der Waals surface area contributed by atoms with E-state index in [1.165, 1.54) is 25.7 Å². The first-order valence-corrected chi connectivity index (χ1v) is 11.9. The zero-order valence-electron chi connectivity index (χ0n) is 16.2. The Morgan fingerprint density at radius 2 is 1.83 bits per heavy atom. The van der Waals surface area contributed by atoms with E-state index in [0.29, 0.717) is 24.9 Å². The fraction of sp³-hybridized carbons (Fsp3) is 0.550. The maximum atomic E-state index is 13.4. The van der Waals surface area contributed by atoms with Gasteiger partial charge in [0.2, 0.25) is 0 Å². The number of nitrogens with zero attached hydrogens (tertiary/aromatic N) is 1. The van der Waals surface area contributed by atoms with E-state index in [1.54, 1.807) is 29.4 Å². The van der Waals surface area contributed by atoms with Gasteiger partial charge in [-0.3, -0.25) is 14.9 Å². The Labute approximate surface area is 183 Å². The number of thioether (sulfide) groups is 1. The number of carbonyl (C=O) groups excluding carboxylic acids is 1. The second kappa shape index (κ2) is 10.2. The number of hydrogen-bond donors (Lipinski definition) is 2. The summed E-state index contributed by atoms with van der Waals surface area (Å²) >= 11 is 1.78. The van der Waals surface area contributed by atoms with Crippen molar-refractivity contribution in [3.05, 3.63) is 24.3 Å². The van der Waals surface area contributed by atoms with Crippen molar-refractivity contribution < 1.29 is 18.4 Å². The minimum Gasteiger partial charge on any atom is -0.292 e. The Bertz CT molecular complexity index is 838. The highest BCUT2D eigenvalue weighted by Gasteiger charge is 2.52. The van der Waals surface area contributed by atoms with Crippen molar-refractivity contribution in [1.82, 2.24) is 10.4 Å². The Balaban J connectivity index is 0.00000300. The molecule has 3 rings (SSSR count). The number of sulfone groups is 1. The first-order chi connectivity index (χ1) is 13.4. The first kappa shape index (κ1) is 24.0. The normalized spacial score (nSPS) is 19.9. The zero-order valence-corrected chi connectivity index (χ0v) is 18.6. The first-order valence-electron chi connectivity index (χ1n) is 9.55. The molecule has 29 heavy (non-hydrogen) atoms. The molecule has 0 unspecified atom stereocenters. The van der Waals surface area contributed by atoms with Crippen LogP contribution in [0.2, 0.25) is 0 Å². The summed E-state index contributed by atoms with van der Waals surface area (Å²) < 4.78 is 25.1. The van der Waals surface area contributed by atoms with Gasteiger partial charge in [-0.1, -0.05) is 18.8 Å². The van der Waals surface area contributed by atoms with Crippen LogP contribution in [0.15, 0.2) is 34.1 Å². The second-order valence-electron chi connectivity index (χ2n) is 7.41. The molecule has 1 aliphatic carbocycles. The van der Waals surface area contributed by atoms with Crippen molar-refractivity contribution in [2.75, 3.05) is 19.6 Å². The maximum absolute atomic E-state index is 13.4. The Morgan fingerprint density at radius 1 is 1.24 bits per heavy atom. The summed E-state index contributed by atoms with van der Waals surface area (Å²) in [6.45, 7) is 1.17. The quantitative estimate of drug-likeness (QED) is 0.387. The molecule has 2 aliphatic rings. The lowest BCUT2D eigenvalue weighted by atomic mass is 9.95. The van der Waals surface area contributed by atoms with E-state index < -0.39 is 20.5 Å². The van der Waals surface area contributed by atoms with Gasteiger partial charge < -0.3 is 0 Å². The van der Waals surface area contributed by atoms with Crippen LogP contribution in [-0.4, -0.2) is 54.1 Å². The summed E-state index contributed by atoms with van der Waals surface area (Å²) in [6, 6.07) is 6.78. The molecule has 2 fully saturated rings. The number of benzene rings is 1. The van der Waals surface area contributed by atoms with Crippen molar-refractivity contribution in [3.63, 3.8) is 0 Å². The van der Waals surface area contributed by atoms with Crippen LogP contribution in [0.3, 0.4) is 0 Å². The third-order valence-electron chi connectivity index (χ3n) is 5.75. The number of nitrogens with one attached hydrogen (secondary N) is 1. The summed E-state index contributed by atoms with van der Waals surface area (Å²) in [7, 11) is -3.98. The molecule has 0 aromatic heterocycles. The number of piperidine rings is 1. The SMILES string of the molecule is C#CCN1CCC(C(=O)NO)(S(=O)(=O)c2ccc(SC3CCCC3)cc2)CC1.Cl. The summed E-state index contributed by atoms with van der Waals surface area (Å²) in [4.78, 5) is 15.5. The van der Waals surface area contributed by atoms with Crippen LogP contribution in [0.1, 0.15) is 38.5 Å². The third-order valence-corrected chi connectivity index (χ3v) is 9.61. The topological polar surface area (TPSA) is 86.7 Å². The molecular weight excluding hydrogens is 432 g/mol. The van der Waals surface area contributed by atoms with E-state index in [-0.39, 0.29) is 30.1 Å². The van der Waals surface area contributed by atoms with Crippen LogP contribution in [-0.2, 0) is 14.6 Å². The number of terminal acetylenes is 1. The number of hydrogen-bond acceptors (Lipinski definition) is 6. The number of carbonyl (C=O) groups is 1. The molecule has 160 valence electrons. The fourth-order valence-corrected chi connectivity index (χ4v) is 7.25. The third kappa shape index (κ3) is 4.92. The molecular formula is C20H27ClN2O4S2. The fourth-order valence-electron chi connectivity index (χ4n) is 4.04. The van der Waals surface area contributed by atoms with Crippen molar-refractivity contribution in [2.45, 2.75) is 58.3 Å². The smallest absolute Gasteiger partial charge is 0.265 e. The Kier molecular flexibility index (Phi) is 8.44. The highest BCUT2D eigenvalue weighted by molar-refractivity contribution is 8.00. The highest BCUT2D eigenvalue weighted by atomic mass is 35.5. The van der Waals surface area contributed by atoms with E-state index in [2.05, 4.69) is 5.92 Å². The number of hydroxylamine groups is 1. The molecule has 9 heteroatoms. The monoisotopic (exact) mass is 458 g/mol. The van der Waals surface area contributed by atoms with Gasteiger partial charge in [-0.05, 0) is 49.9 Å². The minimum atomic E-state index is -3.98. The van der Waals surface area contributed by atoms with Crippen LogP contribution in [0.5, 0.6) is 0 Å². The second-order valence-corrected chi connectivity index (χ2v) is 11.0. The molecule has 1 heterocycles. The van der Waals surface area contributed by atoms with Gasteiger partial charge in [-0.25, -0.2) is 13.9 Å². The Hall–Kier alpha value is -1.24. The minimum absolute atomic E-state index is 0. The van der Waals surface area contributed by atoms with E-state index in [1.807, 2.05) is 17.0 Å². The summed E-state index contributed by atoms with van der Waals surface area (Å²) in [6.07, 6.45) is 10.4. The predicted octanol–water partition coefficient (Wildman–Crippen LogP) is 2.89. The van der Waals surface area contributed by atoms with Gasteiger partial charge in [-0.2, -0.15) is 0 Å². The van der Waals surface area contributed by atoms with Crippen molar-refractivity contribution in [1.29, 1.82) is 0 Å². The Morgan fingerprint density at radius 3 is 2.34 bits per heavy atom. The van der Waals surface area contributed by atoms with Crippen LogP contribution in [0.25, 0.3) is 0 Å². The maximum Gasteiger partial charge on any atom is 0.265 e. The lowest BCUT2D eigenvalue weighted by molar-refractivity contribution is -0.133.